The van der Waals surface area contributed by atoms with E-state index >= 15 is 0 Å². The van der Waals surface area contributed by atoms with Gasteiger partial charge in [-0.2, -0.15) is 5.10 Å². The van der Waals surface area contributed by atoms with Crippen LogP contribution in [0.1, 0.15) is 17.0 Å². The predicted molar refractivity (Wildman–Crippen MR) is 69.7 cm³/mol. The number of aryl methyl sites for hydroxylation is 2. The topological polar surface area (TPSA) is 55.1 Å². The average Bonchev–Trinajstić information content (AvgIpc) is 2.69. The summed E-state index contributed by atoms with van der Waals surface area (Å²) in [5.41, 5.74) is 3.68. The fraction of sp³-hybridized carbons (Fsp3) is 0.143. The summed E-state index contributed by atoms with van der Waals surface area (Å²) < 4.78 is 1.73. The van der Waals surface area contributed by atoms with E-state index in [1.165, 1.54) is 5.56 Å². The molecule has 0 saturated carbocycles. The van der Waals surface area contributed by atoms with E-state index in [0.29, 0.717) is 0 Å². The average molecular weight is 242 g/mol. The lowest BCUT2D eigenvalue weighted by atomic mass is 10.2. The van der Waals surface area contributed by atoms with E-state index in [1.807, 2.05) is 44.2 Å². The van der Waals surface area contributed by atoms with Crippen LogP contribution in [0.15, 0.2) is 36.4 Å². The molecule has 92 valence electrons. The third-order valence-corrected chi connectivity index (χ3v) is 2.53. The summed E-state index contributed by atoms with van der Waals surface area (Å²) in [5, 5.41) is 13.0. The van der Waals surface area contributed by atoms with Crippen LogP contribution in [0.2, 0.25) is 0 Å². The quantitative estimate of drug-likeness (QED) is 0.842. The number of aliphatic carboxylic acids is 1. The molecule has 0 amide bonds. The molecule has 0 saturated heterocycles. The van der Waals surface area contributed by atoms with E-state index in [0.717, 1.165) is 23.2 Å². The molecule has 18 heavy (non-hydrogen) atoms. The molecule has 0 aliphatic heterocycles. The van der Waals surface area contributed by atoms with Crippen LogP contribution in [-0.2, 0) is 4.79 Å². The van der Waals surface area contributed by atoms with E-state index in [4.69, 9.17) is 5.11 Å². The summed E-state index contributed by atoms with van der Waals surface area (Å²) in [6.45, 7) is 3.89. The van der Waals surface area contributed by atoms with E-state index in [9.17, 15) is 4.79 Å². The lowest BCUT2D eigenvalue weighted by molar-refractivity contribution is -0.131. The Balaban J connectivity index is 2.44. The van der Waals surface area contributed by atoms with Crippen LogP contribution < -0.4 is 0 Å². The standard InChI is InChI=1S/C14H14N2O2/c1-10-3-5-12(6-4-10)16-13(7-8-14(17)18)9-11(2)15-16/h3-9H,1-2H3,(H,17,18)/b8-7+. The zero-order valence-electron chi connectivity index (χ0n) is 10.3. The second kappa shape index (κ2) is 4.87. The molecule has 1 aromatic heterocycles. The molecular formula is C14H14N2O2. The van der Waals surface area contributed by atoms with Crippen molar-refractivity contribution in [2.24, 2.45) is 0 Å². The molecule has 0 unspecified atom stereocenters. The molecule has 2 rings (SSSR count). The SMILES string of the molecule is Cc1ccc(-n2nc(C)cc2/C=C/C(=O)O)cc1. The fourth-order valence-electron chi connectivity index (χ4n) is 1.69. The van der Waals surface area contributed by atoms with Gasteiger partial charge < -0.3 is 5.11 Å². The summed E-state index contributed by atoms with van der Waals surface area (Å²) in [4.78, 5) is 10.6. The molecule has 0 aliphatic rings. The number of nitrogens with zero attached hydrogens (tertiary/aromatic N) is 2. The molecule has 0 atom stereocenters. The number of carbonyl (C=O) groups is 1. The minimum absolute atomic E-state index is 0.749. The van der Waals surface area contributed by atoms with Crippen LogP contribution in [0.4, 0.5) is 0 Å². The maximum Gasteiger partial charge on any atom is 0.328 e. The maximum atomic E-state index is 10.6. The summed E-state index contributed by atoms with van der Waals surface area (Å²) in [5.74, 6) is -0.968. The second-order valence-corrected chi connectivity index (χ2v) is 4.13. The fourth-order valence-corrected chi connectivity index (χ4v) is 1.69. The number of carboxylic acid groups (broad SMARTS) is 1. The first kappa shape index (κ1) is 12.1. The zero-order chi connectivity index (χ0) is 13.1. The predicted octanol–water partition coefficient (Wildman–Crippen LogP) is 2.59. The number of rotatable bonds is 3. The zero-order valence-corrected chi connectivity index (χ0v) is 10.3. The summed E-state index contributed by atoms with van der Waals surface area (Å²) in [7, 11) is 0. The minimum atomic E-state index is -0.968. The Morgan fingerprint density at radius 3 is 2.56 bits per heavy atom. The number of hydrogen-bond acceptors (Lipinski definition) is 2. The van der Waals surface area contributed by atoms with Crippen molar-refractivity contribution in [3.63, 3.8) is 0 Å². The Morgan fingerprint density at radius 1 is 1.28 bits per heavy atom. The van der Waals surface area contributed by atoms with Gasteiger partial charge in [0.2, 0.25) is 0 Å². The molecule has 0 aliphatic carbocycles. The normalized spacial score (nSPS) is 11.0. The molecule has 2 aromatic rings. The lowest BCUT2D eigenvalue weighted by Crippen LogP contribution is -1.99. The lowest BCUT2D eigenvalue weighted by Gasteiger charge is -2.04. The van der Waals surface area contributed by atoms with Crippen LogP contribution in [-0.4, -0.2) is 20.9 Å². The van der Waals surface area contributed by atoms with Gasteiger partial charge in [0.05, 0.1) is 17.1 Å². The highest BCUT2D eigenvalue weighted by molar-refractivity contribution is 5.85. The van der Waals surface area contributed by atoms with E-state index in [-0.39, 0.29) is 0 Å². The Morgan fingerprint density at radius 2 is 1.94 bits per heavy atom. The third-order valence-electron chi connectivity index (χ3n) is 2.53. The third kappa shape index (κ3) is 2.66. The van der Waals surface area contributed by atoms with Crippen molar-refractivity contribution in [3.05, 3.63) is 53.4 Å². The van der Waals surface area contributed by atoms with Crippen LogP contribution >= 0.6 is 0 Å². The Hall–Kier alpha value is -2.36. The van der Waals surface area contributed by atoms with Crippen molar-refractivity contribution in [1.82, 2.24) is 9.78 Å². The second-order valence-electron chi connectivity index (χ2n) is 4.13. The number of aromatic nitrogens is 2. The van der Waals surface area contributed by atoms with E-state index < -0.39 is 5.97 Å². The number of hydrogen-bond donors (Lipinski definition) is 1. The van der Waals surface area contributed by atoms with Gasteiger partial charge in [-0.15, -0.1) is 0 Å². The molecule has 0 radical (unpaired) electrons. The first-order valence-corrected chi connectivity index (χ1v) is 5.61. The molecule has 1 aromatic carbocycles. The van der Waals surface area contributed by atoms with Gasteiger partial charge in [0.1, 0.15) is 0 Å². The number of carboxylic acids is 1. The highest BCUT2D eigenvalue weighted by Crippen LogP contribution is 2.14. The smallest absolute Gasteiger partial charge is 0.328 e. The van der Waals surface area contributed by atoms with Crippen molar-refractivity contribution in [2.75, 3.05) is 0 Å². The highest BCUT2D eigenvalue weighted by Gasteiger charge is 2.05. The Labute approximate surface area is 105 Å². The molecular weight excluding hydrogens is 228 g/mol. The molecule has 0 spiro atoms. The summed E-state index contributed by atoms with van der Waals surface area (Å²) in [6.07, 6.45) is 2.66. The van der Waals surface area contributed by atoms with Crippen molar-refractivity contribution in [1.29, 1.82) is 0 Å². The first-order chi connectivity index (χ1) is 8.56. The van der Waals surface area contributed by atoms with Crippen molar-refractivity contribution >= 4 is 12.0 Å². The molecule has 0 bridgehead atoms. The minimum Gasteiger partial charge on any atom is -0.478 e. The van der Waals surface area contributed by atoms with Crippen molar-refractivity contribution in [2.45, 2.75) is 13.8 Å². The molecule has 1 heterocycles. The first-order valence-electron chi connectivity index (χ1n) is 5.61. The van der Waals surface area contributed by atoms with Gasteiger partial charge in [0.25, 0.3) is 0 Å². The highest BCUT2D eigenvalue weighted by atomic mass is 16.4. The Kier molecular flexibility index (Phi) is 3.28. The van der Waals surface area contributed by atoms with Gasteiger partial charge in [-0.05, 0) is 38.1 Å². The molecule has 1 N–H and O–H groups in total. The van der Waals surface area contributed by atoms with Gasteiger partial charge in [-0.25, -0.2) is 9.48 Å². The van der Waals surface area contributed by atoms with E-state index in [1.54, 1.807) is 10.8 Å². The molecule has 0 fully saturated rings. The van der Waals surface area contributed by atoms with Gasteiger partial charge >= 0.3 is 5.97 Å². The largest absolute Gasteiger partial charge is 0.478 e. The van der Waals surface area contributed by atoms with Gasteiger partial charge in [0.15, 0.2) is 0 Å². The van der Waals surface area contributed by atoms with Gasteiger partial charge in [0, 0.05) is 6.08 Å². The van der Waals surface area contributed by atoms with Crippen LogP contribution in [0.25, 0.3) is 11.8 Å². The summed E-state index contributed by atoms with van der Waals surface area (Å²) >= 11 is 0. The van der Waals surface area contributed by atoms with Gasteiger partial charge in [-0.3, -0.25) is 0 Å². The number of benzene rings is 1. The van der Waals surface area contributed by atoms with Gasteiger partial charge in [-0.1, -0.05) is 17.7 Å². The van der Waals surface area contributed by atoms with Crippen LogP contribution in [0.5, 0.6) is 0 Å². The Bertz CT molecular complexity index is 595. The van der Waals surface area contributed by atoms with Crippen LogP contribution in [0, 0.1) is 13.8 Å². The summed E-state index contributed by atoms with van der Waals surface area (Å²) in [6, 6.07) is 9.76. The van der Waals surface area contributed by atoms with Crippen LogP contribution in [0.3, 0.4) is 0 Å². The van der Waals surface area contributed by atoms with Crippen molar-refractivity contribution in [3.8, 4) is 5.69 Å². The monoisotopic (exact) mass is 242 g/mol. The van der Waals surface area contributed by atoms with Crippen molar-refractivity contribution < 1.29 is 9.90 Å². The molecule has 4 nitrogen and oxygen atoms in total. The maximum absolute atomic E-state index is 10.6. The molecule has 4 heteroatoms. The van der Waals surface area contributed by atoms with E-state index in [2.05, 4.69) is 5.10 Å².